The predicted octanol–water partition coefficient (Wildman–Crippen LogP) is 2.76. The Morgan fingerprint density at radius 2 is 1.29 bits per heavy atom. The van der Waals surface area contributed by atoms with Crippen molar-refractivity contribution in [1.82, 2.24) is 5.32 Å². The lowest BCUT2D eigenvalue weighted by Crippen LogP contribution is -2.31. The van der Waals surface area contributed by atoms with Crippen molar-refractivity contribution in [2.75, 3.05) is 42.7 Å². The van der Waals surface area contributed by atoms with E-state index in [1.165, 1.54) is 48.7 Å². The summed E-state index contributed by atoms with van der Waals surface area (Å²) in [6.07, 6.45) is -0.0900. The van der Waals surface area contributed by atoms with E-state index >= 15 is 0 Å². The summed E-state index contributed by atoms with van der Waals surface area (Å²) in [5.74, 6) is 1.11. The molecule has 0 heterocycles. The topological polar surface area (TPSA) is 102 Å². The fraction of sp³-hybridized carbons (Fsp3) is 0.364. The number of carbonyl (C=O) groups excluding carboxylic acids is 2. The highest BCUT2D eigenvalue weighted by atomic mass is 16.5. The van der Waals surface area contributed by atoms with Crippen molar-refractivity contribution < 1.29 is 38.0 Å². The first-order chi connectivity index (χ1) is 14.9. The number of carbonyl (C=O) groups is 2. The summed E-state index contributed by atoms with van der Waals surface area (Å²) in [7, 11) is 8.71. The summed E-state index contributed by atoms with van der Waals surface area (Å²) in [6.45, 7) is 0. The highest BCUT2D eigenvalue weighted by Crippen LogP contribution is 2.35. The van der Waals surface area contributed by atoms with Crippen LogP contribution in [0, 0.1) is 0 Å². The molecule has 9 nitrogen and oxygen atoms in total. The smallest absolute Gasteiger partial charge is 0.307 e. The van der Waals surface area contributed by atoms with Gasteiger partial charge in [-0.25, -0.2) is 0 Å². The molecule has 0 aromatic heterocycles. The molecule has 31 heavy (non-hydrogen) atoms. The maximum atomic E-state index is 13.1. The summed E-state index contributed by atoms with van der Waals surface area (Å²) in [5, 5.41) is 2.85. The van der Waals surface area contributed by atoms with Gasteiger partial charge in [-0.2, -0.15) is 0 Å². The highest BCUT2D eigenvalue weighted by Gasteiger charge is 2.24. The Morgan fingerprint density at radius 1 is 0.742 bits per heavy atom. The van der Waals surface area contributed by atoms with Gasteiger partial charge in [0.2, 0.25) is 0 Å². The average Bonchev–Trinajstić information content (AvgIpc) is 2.81. The van der Waals surface area contributed by atoms with E-state index in [1.54, 1.807) is 24.3 Å². The average molecular weight is 433 g/mol. The second-order valence-electron chi connectivity index (χ2n) is 6.33. The Kier molecular flexibility index (Phi) is 8.36. The van der Waals surface area contributed by atoms with Gasteiger partial charge in [-0.3, -0.25) is 9.59 Å². The molecule has 2 aromatic carbocycles. The molecule has 0 saturated heterocycles. The molecule has 0 fully saturated rings. The Morgan fingerprint density at radius 3 is 1.84 bits per heavy atom. The molecule has 1 atom stereocenters. The number of benzene rings is 2. The van der Waals surface area contributed by atoms with Crippen LogP contribution in [0.1, 0.15) is 28.4 Å². The van der Waals surface area contributed by atoms with Crippen LogP contribution in [-0.4, -0.2) is 54.5 Å². The minimum absolute atomic E-state index is 0.0900. The van der Waals surface area contributed by atoms with Crippen LogP contribution in [0.5, 0.6) is 28.7 Å². The molecule has 9 heteroatoms. The van der Waals surface area contributed by atoms with Crippen LogP contribution in [0.4, 0.5) is 0 Å². The summed E-state index contributed by atoms with van der Waals surface area (Å²) in [4.78, 5) is 25.1. The maximum Gasteiger partial charge on any atom is 0.307 e. The van der Waals surface area contributed by atoms with E-state index in [4.69, 9.17) is 28.4 Å². The number of nitrogens with one attached hydrogen (secondary N) is 1. The fourth-order valence-electron chi connectivity index (χ4n) is 3.01. The molecule has 0 saturated carbocycles. The van der Waals surface area contributed by atoms with Gasteiger partial charge < -0.3 is 33.7 Å². The molecule has 0 aliphatic heterocycles. The molecule has 2 aromatic rings. The van der Waals surface area contributed by atoms with E-state index in [2.05, 4.69) is 5.32 Å². The van der Waals surface area contributed by atoms with Crippen LogP contribution in [-0.2, 0) is 9.53 Å². The number of esters is 1. The van der Waals surface area contributed by atoms with Gasteiger partial charge in [0.15, 0.2) is 23.0 Å². The van der Waals surface area contributed by atoms with E-state index in [9.17, 15) is 9.59 Å². The lowest BCUT2D eigenvalue weighted by atomic mass is 10.0. The van der Waals surface area contributed by atoms with Crippen molar-refractivity contribution in [2.45, 2.75) is 12.5 Å². The van der Waals surface area contributed by atoms with Crippen molar-refractivity contribution in [3.8, 4) is 28.7 Å². The highest BCUT2D eigenvalue weighted by molar-refractivity contribution is 5.98. The molecule has 0 aliphatic rings. The van der Waals surface area contributed by atoms with Crippen LogP contribution in [0.25, 0.3) is 0 Å². The molecular formula is C22H27NO8. The van der Waals surface area contributed by atoms with E-state index in [0.717, 1.165) is 0 Å². The lowest BCUT2D eigenvalue weighted by molar-refractivity contribution is -0.141. The first-order valence-corrected chi connectivity index (χ1v) is 9.31. The SMILES string of the molecule is COC(=O)CC(NC(=O)c1cc(OC)c(OC)cc1OC)c1ccc(OC)c(OC)c1. The molecule has 0 spiro atoms. The van der Waals surface area contributed by atoms with Crippen molar-refractivity contribution in [3.63, 3.8) is 0 Å². The third kappa shape index (κ3) is 5.50. The zero-order valence-corrected chi connectivity index (χ0v) is 18.4. The second kappa shape index (κ2) is 11.0. The van der Waals surface area contributed by atoms with E-state index < -0.39 is 17.9 Å². The first-order valence-electron chi connectivity index (χ1n) is 9.31. The van der Waals surface area contributed by atoms with Crippen molar-refractivity contribution in [1.29, 1.82) is 0 Å². The van der Waals surface area contributed by atoms with E-state index in [-0.39, 0.29) is 12.0 Å². The normalized spacial score (nSPS) is 11.2. The number of hydrogen-bond donors (Lipinski definition) is 1. The standard InChI is InChI=1S/C22H27NO8/c1-26-16-8-7-13(9-18(16)28-3)15(11-21(24)31-6)23-22(25)14-10-19(29-4)20(30-5)12-17(14)27-2/h7-10,12,15H,11H2,1-6H3,(H,23,25). The molecule has 0 bridgehead atoms. The molecule has 1 amide bonds. The lowest BCUT2D eigenvalue weighted by Gasteiger charge is -2.21. The minimum Gasteiger partial charge on any atom is -0.496 e. The molecule has 0 radical (unpaired) electrons. The minimum atomic E-state index is -0.697. The third-order valence-corrected chi connectivity index (χ3v) is 4.66. The number of rotatable bonds is 10. The Balaban J connectivity index is 2.44. The summed E-state index contributed by atoms with van der Waals surface area (Å²) in [5.41, 5.74) is 0.853. The van der Waals surface area contributed by atoms with Crippen LogP contribution >= 0.6 is 0 Å². The monoisotopic (exact) mass is 433 g/mol. The fourth-order valence-corrected chi connectivity index (χ4v) is 3.01. The summed E-state index contributed by atoms with van der Waals surface area (Å²) >= 11 is 0. The van der Waals surface area contributed by atoms with Crippen LogP contribution in [0.2, 0.25) is 0 Å². The Bertz CT molecular complexity index is 928. The summed E-state index contributed by atoms with van der Waals surface area (Å²) < 4.78 is 31.3. The van der Waals surface area contributed by atoms with E-state index in [1.807, 2.05) is 0 Å². The van der Waals surface area contributed by atoms with Crippen molar-refractivity contribution >= 4 is 11.9 Å². The van der Waals surface area contributed by atoms with Gasteiger partial charge in [0.25, 0.3) is 5.91 Å². The van der Waals surface area contributed by atoms with Crippen LogP contribution < -0.4 is 29.0 Å². The second-order valence-corrected chi connectivity index (χ2v) is 6.33. The Hall–Kier alpha value is -3.62. The van der Waals surface area contributed by atoms with E-state index in [0.29, 0.717) is 34.3 Å². The largest absolute Gasteiger partial charge is 0.496 e. The molecular weight excluding hydrogens is 406 g/mol. The van der Waals surface area contributed by atoms with Gasteiger partial charge in [-0.15, -0.1) is 0 Å². The quantitative estimate of drug-likeness (QED) is 0.571. The number of ether oxygens (including phenoxy) is 6. The van der Waals surface area contributed by atoms with Crippen LogP contribution in [0.15, 0.2) is 30.3 Å². The van der Waals surface area contributed by atoms with Gasteiger partial charge >= 0.3 is 5.97 Å². The molecule has 2 rings (SSSR count). The number of methoxy groups -OCH3 is 6. The van der Waals surface area contributed by atoms with Gasteiger partial charge in [0.05, 0.1) is 60.7 Å². The van der Waals surface area contributed by atoms with Gasteiger partial charge in [-0.1, -0.05) is 6.07 Å². The Labute approximate surface area is 181 Å². The third-order valence-electron chi connectivity index (χ3n) is 4.66. The van der Waals surface area contributed by atoms with Gasteiger partial charge in [-0.05, 0) is 17.7 Å². The first kappa shape index (κ1) is 23.7. The van der Waals surface area contributed by atoms with Crippen molar-refractivity contribution in [3.05, 3.63) is 41.5 Å². The van der Waals surface area contributed by atoms with Gasteiger partial charge in [0, 0.05) is 12.1 Å². The molecule has 168 valence electrons. The zero-order chi connectivity index (χ0) is 23.0. The van der Waals surface area contributed by atoms with Gasteiger partial charge in [0.1, 0.15) is 5.75 Å². The predicted molar refractivity (Wildman–Crippen MR) is 112 cm³/mol. The summed E-state index contributed by atoms with van der Waals surface area (Å²) in [6, 6.07) is 7.50. The van der Waals surface area contributed by atoms with Crippen molar-refractivity contribution in [2.24, 2.45) is 0 Å². The number of amides is 1. The molecule has 1 N–H and O–H groups in total. The zero-order valence-electron chi connectivity index (χ0n) is 18.4. The number of hydrogen-bond acceptors (Lipinski definition) is 8. The maximum absolute atomic E-state index is 13.1. The molecule has 0 aliphatic carbocycles. The molecule has 1 unspecified atom stereocenters. The van der Waals surface area contributed by atoms with Crippen LogP contribution in [0.3, 0.4) is 0 Å².